The first-order chi connectivity index (χ1) is 9.50. The maximum atomic E-state index is 13.5. The Morgan fingerprint density at radius 3 is 2.45 bits per heavy atom. The Labute approximate surface area is 115 Å². The fourth-order valence-corrected chi connectivity index (χ4v) is 2.33. The molecule has 1 heterocycles. The molecule has 1 amide bonds. The third kappa shape index (κ3) is 3.12. The van der Waals surface area contributed by atoms with E-state index in [1.54, 1.807) is 6.92 Å². The van der Waals surface area contributed by atoms with Gasteiger partial charge >= 0.3 is 0 Å². The van der Waals surface area contributed by atoms with Crippen LogP contribution in [0, 0.1) is 17.5 Å². The topological polar surface area (TPSA) is 32.3 Å². The molecule has 1 aliphatic rings. The molecule has 2 rings (SSSR count). The fraction of sp³-hybridized carbons (Fsp3) is 0.500. The van der Waals surface area contributed by atoms with Crippen molar-refractivity contribution in [3.63, 3.8) is 0 Å². The molecule has 1 saturated heterocycles. The van der Waals surface area contributed by atoms with Gasteiger partial charge in [0.1, 0.15) is 0 Å². The Morgan fingerprint density at radius 2 is 1.80 bits per heavy atom. The number of anilines is 1. The zero-order valence-corrected chi connectivity index (χ0v) is 11.3. The molecular formula is C14H17F3N2O. The number of rotatable bonds is 3. The molecular weight excluding hydrogens is 269 g/mol. The van der Waals surface area contributed by atoms with Crippen LogP contribution in [0.3, 0.4) is 0 Å². The molecule has 0 aliphatic carbocycles. The first kappa shape index (κ1) is 14.8. The third-order valence-corrected chi connectivity index (χ3v) is 3.61. The molecule has 110 valence electrons. The van der Waals surface area contributed by atoms with E-state index < -0.39 is 29.4 Å². The molecule has 1 aromatic rings. The highest BCUT2D eigenvalue weighted by Gasteiger charge is 2.24. The maximum Gasteiger partial charge on any atom is 0.241 e. The summed E-state index contributed by atoms with van der Waals surface area (Å²) in [7, 11) is 0. The first-order valence-electron chi connectivity index (χ1n) is 6.69. The van der Waals surface area contributed by atoms with Crippen molar-refractivity contribution in [1.82, 2.24) is 4.90 Å². The molecule has 0 spiro atoms. The molecule has 0 bridgehead atoms. The van der Waals surface area contributed by atoms with E-state index in [1.165, 1.54) is 0 Å². The van der Waals surface area contributed by atoms with Crippen molar-refractivity contribution in [2.24, 2.45) is 0 Å². The van der Waals surface area contributed by atoms with Gasteiger partial charge in [0.25, 0.3) is 0 Å². The Bertz CT molecular complexity index is 501. The lowest BCUT2D eigenvalue weighted by Crippen LogP contribution is -2.44. The Balaban J connectivity index is 2.05. The molecule has 1 atom stereocenters. The lowest BCUT2D eigenvalue weighted by atomic mass is 10.1. The quantitative estimate of drug-likeness (QED) is 0.867. The smallest absolute Gasteiger partial charge is 0.241 e. The highest BCUT2D eigenvalue weighted by molar-refractivity contribution is 5.94. The van der Waals surface area contributed by atoms with Crippen LogP contribution in [0.1, 0.15) is 26.2 Å². The third-order valence-electron chi connectivity index (χ3n) is 3.61. The number of benzene rings is 1. The van der Waals surface area contributed by atoms with Crippen LogP contribution in [-0.2, 0) is 4.79 Å². The van der Waals surface area contributed by atoms with Crippen LogP contribution in [-0.4, -0.2) is 29.9 Å². The highest BCUT2D eigenvalue weighted by Crippen LogP contribution is 2.20. The maximum absolute atomic E-state index is 13.5. The summed E-state index contributed by atoms with van der Waals surface area (Å²) in [5, 5.41) is 2.31. The van der Waals surface area contributed by atoms with Crippen molar-refractivity contribution in [1.29, 1.82) is 0 Å². The molecule has 1 aromatic carbocycles. The molecule has 20 heavy (non-hydrogen) atoms. The predicted octanol–water partition coefficient (Wildman–Crippen LogP) is 2.92. The van der Waals surface area contributed by atoms with Crippen molar-refractivity contribution in [3.8, 4) is 0 Å². The van der Waals surface area contributed by atoms with E-state index in [-0.39, 0.29) is 5.69 Å². The Kier molecular flexibility index (Phi) is 4.65. The van der Waals surface area contributed by atoms with Crippen LogP contribution in [0.2, 0.25) is 0 Å². The minimum Gasteiger partial charge on any atom is -0.322 e. The van der Waals surface area contributed by atoms with Gasteiger partial charge in [0, 0.05) is 0 Å². The average molecular weight is 286 g/mol. The van der Waals surface area contributed by atoms with E-state index in [2.05, 4.69) is 5.32 Å². The SMILES string of the molecule is C[C@H](C(=O)Nc1ccc(F)c(F)c1F)N1CCCCC1. The summed E-state index contributed by atoms with van der Waals surface area (Å²) in [4.78, 5) is 14.0. The zero-order valence-electron chi connectivity index (χ0n) is 11.3. The second-order valence-electron chi connectivity index (χ2n) is 4.98. The number of amides is 1. The van der Waals surface area contributed by atoms with Crippen molar-refractivity contribution in [2.75, 3.05) is 18.4 Å². The molecule has 0 saturated carbocycles. The number of nitrogens with one attached hydrogen (secondary N) is 1. The van der Waals surface area contributed by atoms with Crippen LogP contribution in [0.4, 0.5) is 18.9 Å². The summed E-state index contributed by atoms with van der Waals surface area (Å²) in [6.45, 7) is 3.35. The number of likely N-dealkylation sites (tertiary alicyclic amines) is 1. The average Bonchev–Trinajstić information content (AvgIpc) is 2.48. The number of piperidine rings is 1. The molecule has 0 radical (unpaired) electrons. The normalized spacial score (nSPS) is 17.8. The van der Waals surface area contributed by atoms with Crippen molar-refractivity contribution < 1.29 is 18.0 Å². The van der Waals surface area contributed by atoms with Gasteiger partial charge < -0.3 is 5.32 Å². The van der Waals surface area contributed by atoms with E-state index >= 15 is 0 Å². The van der Waals surface area contributed by atoms with Crippen LogP contribution < -0.4 is 5.32 Å². The molecule has 0 unspecified atom stereocenters. The second kappa shape index (κ2) is 6.26. The fourth-order valence-electron chi connectivity index (χ4n) is 2.33. The minimum atomic E-state index is -1.58. The van der Waals surface area contributed by atoms with Gasteiger partial charge in [0.15, 0.2) is 17.5 Å². The summed E-state index contributed by atoms with van der Waals surface area (Å²) < 4.78 is 39.4. The van der Waals surface area contributed by atoms with Gasteiger partial charge in [0.05, 0.1) is 11.7 Å². The summed E-state index contributed by atoms with van der Waals surface area (Å²) in [5.74, 6) is -4.64. The first-order valence-corrected chi connectivity index (χ1v) is 6.69. The van der Waals surface area contributed by atoms with E-state index in [0.29, 0.717) is 0 Å². The van der Waals surface area contributed by atoms with E-state index in [9.17, 15) is 18.0 Å². The van der Waals surface area contributed by atoms with Crippen LogP contribution >= 0.6 is 0 Å². The molecule has 0 aromatic heterocycles. The van der Waals surface area contributed by atoms with E-state index in [0.717, 1.165) is 44.5 Å². The van der Waals surface area contributed by atoms with E-state index in [1.807, 2.05) is 4.90 Å². The molecule has 1 fully saturated rings. The summed E-state index contributed by atoms with van der Waals surface area (Å²) in [6, 6.07) is 1.39. The number of hydrogen-bond donors (Lipinski definition) is 1. The van der Waals surface area contributed by atoms with Gasteiger partial charge in [-0.2, -0.15) is 0 Å². The number of carbonyl (C=O) groups excluding carboxylic acids is 1. The van der Waals surface area contributed by atoms with Crippen molar-refractivity contribution in [2.45, 2.75) is 32.2 Å². The highest BCUT2D eigenvalue weighted by atomic mass is 19.2. The largest absolute Gasteiger partial charge is 0.322 e. The molecule has 1 aliphatic heterocycles. The number of carbonyl (C=O) groups is 1. The summed E-state index contributed by atoms with van der Waals surface area (Å²) >= 11 is 0. The Morgan fingerprint density at radius 1 is 1.15 bits per heavy atom. The summed E-state index contributed by atoms with van der Waals surface area (Å²) in [5.41, 5.74) is -0.335. The van der Waals surface area contributed by atoms with Gasteiger partial charge in [0.2, 0.25) is 5.91 Å². The molecule has 1 N–H and O–H groups in total. The van der Waals surface area contributed by atoms with Gasteiger partial charge in [-0.3, -0.25) is 9.69 Å². The van der Waals surface area contributed by atoms with Gasteiger partial charge in [-0.1, -0.05) is 6.42 Å². The van der Waals surface area contributed by atoms with Crippen molar-refractivity contribution >= 4 is 11.6 Å². The van der Waals surface area contributed by atoms with Gasteiger partial charge in [-0.15, -0.1) is 0 Å². The number of hydrogen-bond acceptors (Lipinski definition) is 2. The summed E-state index contributed by atoms with van der Waals surface area (Å²) in [6.07, 6.45) is 3.19. The van der Waals surface area contributed by atoms with E-state index in [4.69, 9.17) is 0 Å². The van der Waals surface area contributed by atoms with Crippen LogP contribution in [0.25, 0.3) is 0 Å². The number of nitrogens with zero attached hydrogens (tertiary/aromatic N) is 1. The molecule has 6 heteroatoms. The lowest BCUT2D eigenvalue weighted by molar-refractivity contribution is -0.121. The Hall–Kier alpha value is -1.56. The van der Waals surface area contributed by atoms with Gasteiger partial charge in [-0.25, -0.2) is 13.2 Å². The molecule has 3 nitrogen and oxygen atoms in total. The monoisotopic (exact) mass is 286 g/mol. The van der Waals surface area contributed by atoms with Crippen LogP contribution in [0.15, 0.2) is 12.1 Å². The second-order valence-corrected chi connectivity index (χ2v) is 4.98. The number of halogens is 3. The minimum absolute atomic E-state index is 0.335. The lowest BCUT2D eigenvalue weighted by Gasteiger charge is -2.31. The zero-order chi connectivity index (χ0) is 14.7. The van der Waals surface area contributed by atoms with Crippen molar-refractivity contribution in [3.05, 3.63) is 29.6 Å². The predicted molar refractivity (Wildman–Crippen MR) is 69.8 cm³/mol. The van der Waals surface area contributed by atoms with Crippen LogP contribution in [0.5, 0.6) is 0 Å². The standard InChI is InChI=1S/C14H17F3N2O/c1-9(19-7-3-2-4-8-19)14(20)18-11-6-5-10(15)12(16)13(11)17/h5-6,9H,2-4,7-8H2,1H3,(H,18,20)/t9-/m1/s1. The van der Waals surface area contributed by atoms with Gasteiger partial charge in [-0.05, 0) is 45.0 Å².